The lowest BCUT2D eigenvalue weighted by Gasteiger charge is -1.91. The Morgan fingerprint density at radius 3 is 3.07 bits per heavy atom. The van der Waals surface area contributed by atoms with Crippen LogP contribution in [0.3, 0.4) is 0 Å². The quantitative estimate of drug-likeness (QED) is 0.722. The molecule has 1 unspecified atom stereocenters. The monoisotopic (exact) mass is 188 g/mol. The van der Waals surface area contributed by atoms with Gasteiger partial charge in [-0.15, -0.1) is 0 Å². The van der Waals surface area contributed by atoms with Crippen LogP contribution in [0.1, 0.15) is 12.7 Å². The molecule has 0 saturated carbocycles. The third kappa shape index (κ3) is 3.79. The second kappa shape index (κ2) is 5.85. The molecule has 0 saturated heterocycles. The highest BCUT2D eigenvalue weighted by Crippen LogP contribution is 2.02. The Morgan fingerprint density at radius 1 is 1.57 bits per heavy atom. The Balaban J connectivity index is 2.49. The number of aliphatic hydroxyl groups excluding tert-OH is 1. The number of hydrogen-bond donors (Lipinski definition) is 1. The van der Waals surface area contributed by atoms with Gasteiger partial charge in [-0.25, -0.2) is 0 Å². The van der Waals surface area contributed by atoms with Crippen molar-refractivity contribution in [3.63, 3.8) is 0 Å². The van der Waals surface area contributed by atoms with Gasteiger partial charge < -0.3 is 9.52 Å². The number of rotatable bonds is 2. The van der Waals surface area contributed by atoms with Crippen molar-refractivity contribution >= 4 is 6.08 Å². The van der Waals surface area contributed by atoms with Crippen molar-refractivity contribution in [1.29, 1.82) is 0 Å². The zero-order valence-electron chi connectivity index (χ0n) is 7.97. The molecule has 0 spiro atoms. The molecule has 0 bridgehead atoms. The van der Waals surface area contributed by atoms with Crippen LogP contribution in [0.5, 0.6) is 0 Å². The van der Waals surface area contributed by atoms with Gasteiger partial charge in [-0.3, -0.25) is 0 Å². The van der Waals surface area contributed by atoms with E-state index in [1.807, 2.05) is 19.1 Å². The zero-order chi connectivity index (χ0) is 10.2. The summed E-state index contributed by atoms with van der Waals surface area (Å²) in [5.74, 6) is 6.04. The van der Waals surface area contributed by atoms with E-state index in [0.717, 1.165) is 0 Å². The molecule has 0 aliphatic carbocycles. The van der Waals surface area contributed by atoms with E-state index in [-0.39, 0.29) is 0 Å². The van der Waals surface area contributed by atoms with Gasteiger partial charge >= 0.3 is 0 Å². The minimum absolute atomic E-state index is 0.705. The summed E-state index contributed by atoms with van der Waals surface area (Å²) in [6.45, 7) is 1.87. The first kappa shape index (κ1) is 10.4. The molecule has 72 valence electrons. The van der Waals surface area contributed by atoms with Crippen LogP contribution in [-0.2, 0) is 0 Å². The molecule has 2 heteroatoms. The lowest BCUT2D eigenvalue weighted by molar-refractivity contribution is 0.281. The standard InChI is InChI=1S/C12H12O2/c1-2-3-4-6-11(13)8-9-12-7-5-10-14-12/h2-3,5,7-11,13H,1H3/b3-2+,9-8+. The van der Waals surface area contributed by atoms with Gasteiger partial charge in [-0.1, -0.05) is 17.9 Å². The van der Waals surface area contributed by atoms with Crippen LogP contribution in [0.4, 0.5) is 0 Å². The predicted molar refractivity (Wildman–Crippen MR) is 56.3 cm³/mol. The molecule has 0 aliphatic heterocycles. The summed E-state index contributed by atoms with van der Waals surface area (Å²) >= 11 is 0. The molecule has 0 fully saturated rings. The smallest absolute Gasteiger partial charge is 0.134 e. The van der Waals surface area contributed by atoms with Crippen molar-refractivity contribution in [1.82, 2.24) is 0 Å². The lowest BCUT2D eigenvalue weighted by atomic mass is 10.3. The molecule has 1 N–H and O–H groups in total. The van der Waals surface area contributed by atoms with E-state index in [1.165, 1.54) is 0 Å². The number of hydrogen-bond acceptors (Lipinski definition) is 2. The fourth-order valence-electron chi connectivity index (χ4n) is 0.837. The Labute approximate surface area is 83.6 Å². The topological polar surface area (TPSA) is 33.4 Å². The second-order valence-corrected chi connectivity index (χ2v) is 2.61. The average molecular weight is 188 g/mol. The van der Waals surface area contributed by atoms with Crippen molar-refractivity contribution in [2.45, 2.75) is 13.0 Å². The van der Waals surface area contributed by atoms with Gasteiger partial charge in [0.15, 0.2) is 0 Å². The zero-order valence-corrected chi connectivity index (χ0v) is 7.97. The second-order valence-electron chi connectivity index (χ2n) is 2.61. The van der Waals surface area contributed by atoms with Gasteiger partial charge in [-0.2, -0.15) is 0 Å². The third-order valence-electron chi connectivity index (χ3n) is 1.47. The summed E-state index contributed by atoms with van der Waals surface area (Å²) in [4.78, 5) is 0. The van der Waals surface area contributed by atoms with Crippen LogP contribution in [0.25, 0.3) is 6.08 Å². The number of aliphatic hydroxyl groups is 1. The Hall–Kier alpha value is -1.72. The highest BCUT2D eigenvalue weighted by Gasteiger charge is 1.91. The summed E-state index contributed by atoms with van der Waals surface area (Å²) in [6.07, 6.45) is 7.60. The molecule has 1 aromatic rings. The minimum atomic E-state index is -0.753. The van der Waals surface area contributed by atoms with Gasteiger partial charge in [0.05, 0.1) is 6.26 Å². The Bertz CT molecular complexity index is 361. The van der Waals surface area contributed by atoms with E-state index in [4.69, 9.17) is 4.42 Å². The normalized spacial score (nSPS) is 13.0. The largest absolute Gasteiger partial charge is 0.465 e. The van der Waals surface area contributed by atoms with E-state index in [0.29, 0.717) is 5.76 Å². The van der Waals surface area contributed by atoms with Crippen LogP contribution in [-0.4, -0.2) is 11.2 Å². The molecule has 14 heavy (non-hydrogen) atoms. The van der Waals surface area contributed by atoms with Gasteiger partial charge in [0.25, 0.3) is 0 Å². The van der Waals surface area contributed by atoms with E-state index < -0.39 is 6.10 Å². The van der Waals surface area contributed by atoms with Crippen molar-refractivity contribution in [3.8, 4) is 11.8 Å². The molecule has 1 aromatic heterocycles. The van der Waals surface area contributed by atoms with E-state index in [2.05, 4.69) is 11.8 Å². The maximum Gasteiger partial charge on any atom is 0.134 e. The van der Waals surface area contributed by atoms with Crippen LogP contribution >= 0.6 is 0 Å². The van der Waals surface area contributed by atoms with Gasteiger partial charge in [0.1, 0.15) is 11.9 Å². The molecule has 1 rings (SSSR count). The van der Waals surface area contributed by atoms with E-state index >= 15 is 0 Å². The van der Waals surface area contributed by atoms with Crippen LogP contribution in [0, 0.1) is 11.8 Å². The van der Waals surface area contributed by atoms with E-state index in [1.54, 1.807) is 30.6 Å². The first-order valence-corrected chi connectivity index (χ1v) is 4.35. The molecule has 1 atom stereocenters. The summed E-state index contributed by atoms with van der Waals surface area (Å²) in [5, 5.41) is 9.34. The molecule has 0 aromatic carbocycles. The molecule has 0 radical (unpaired) electrons. The highest BCUT2D eigenvalue weighted by atomic mass is 16.3. The fourth-order valence-corrected chi connectivity index (χ4v) is 0.837. The summed E-state index contributed by atoms with van der Waals surface area (Å²) < 4.78 is 5.05. The molecule has 0 aliphatic rings. The number of allylic oxidation sites excluding steroid dienone is 2. The minimum Gasteiger partial charge on any atom is -0.465 e. The molecule has 2 nitrogen and oxygen atoms in total. The summed E-state index contributed by atoms with van der Waals surface area (Å²) in [7, 11) is 0. The molecular formula is C12H12O2. The Morgan fingerprint density at radius 2 is 2.43 bits per heavy atom. The fraction of sp³-hybridized carbons (Fsp3) is 0.167. The maximum atomic E-state index is 9.34. The van der Waals surface area contributed by atoms with Gasteiger partial charge in [0, 0.05) is 0 Å². The van der Waals surface area contributed by atoms with Crippen molar-refractivity contribution < 1.29 is 9.52 Å². The van der Waals surface area contributed by atoms with Gasteiger partial charge in [0.2, 0.25) is 0 Å². The average Bonchev–Trinajstić information content (AvgIpc) is 2.68. The highest BCUT2D eigenvalue weighted by molar-refractivity contribution is 5.44. The molecule has 0 amide bonds. The summed E-state index contributed by atoms with van der Waals surface area (Å²) in [5.41, 5.74) is 0. The van der Waals surface area contributed by atoms with E-state index in [9.17, 15) is 5.11 Å². The van der Waals surface area contributed by atoms with Crippen LogP contribution < -0.4 is 0 Å². The van der Waals surface area contributed by atoms with Crippen LogP contribution in [0.15, 0.2) is 41.0 Å². The van der Waals surface area contributed by atoms with Crippen molar-refractivity contribution in [2.75, 3.05) is 0 Å². The first-order chi connectivity index (χ1) is 6.83. The predicted octanol–water partition coefficient (Wildman–Crippen LogP) is 2.23. The molecule has 1 heterocycles. The molecular weight excluding hydrogens is 176 g/mol. The van der Waals surface area contributed by atoms with Gasteiger partial charge in [-0.05, 0) is 37.3 Å². The number of furan rings is 1. The van der Waals surface area contributed by atoms with Crippen LogP contribution in [0.2, 0.25) is 0 Å². The third-order valence-corrected chi connectivity index (χ3v) is 1.47. The summed E-state index contributed by atoms with van der Waals surface area (Å²) in [6, 6.07) is 3.60. The maximum absolute atomic E-state index is 9.34. The Kier molecular flexibility index (Phi) is 4.33. The first-order valence-electron chi connectivity index (χ1n) is 4.35. The van der Waals surface area contributed by atoms with Crippen molar-refractivity contribution in [3.05, 3.63) is 42.4 Å². The SMILES string of the molecule is C/C=C/C#CC(O)/C=C/c1ccco1. The van der Waals surface area contributed by atoms with Crippen molar-refractivity contribution in [2.24, 2.45) is 0 Å². The lowest BCUT2D eigenvalue weighted by Crippen LogP contribution is -1.95.